The minimum absolute atomic E-state index is 0.224. The van der Waals surface area contributed by atoms with Gasteiger partial charge in [0.15, 0.2) is 0 Å². The lowest BCUT2D eigenvalue weighted by molar-refractivity contribution is 0.829. The van der Waals surface area contributed by atoms with Gasteiger partial charge in [-0.15, -0.1) is 17.9 Å². The van der Waals surface area contributed by atoms with Crippen molar-refractivity contribution in [3.05, 3.63) is 88.6 Å². The summed E-state index contributed by atoms with van der Waals surface area (Å²) in [5.74, 6) is 0.224. The third-order valence-corrected chi connectivity index (χ3v) is 4.97. The smallest absolute Gasteiger partial charge is 0.206 e. The van der Waals surface area contributed by atoms with E-state index < -0.39 is 0 Å². The molecule has 1 aromatic heterocycles. The van der Waals surface area contributed by atoms with Gasteiger partial charge in [0, 0.05) is 23.1 Å². The van der Waals surface area contributed by atoms with Gasteiger partial charge in [-0.05, 0) is 12.5 Å². The van der Waals surface area contributed by atoms with Gasteiger partial charge in [-0.3, -0.25) is 4.99 Å². The predicted molar refractivity (Wildman–Crippen MR) is 112 cm³/mol. The van der Waals surface area contributed by atoms with Crippen molar-refractivity contribution in [3.8, 4) is 11.3 Å². The molecule has 4 heteroatoms. The van der Waals surface area contributed by atoms with Crippen molar-refractivity contribution < 1.29 is 0 Å². The first-order valence-corrected chi connectivity index (χ1v) is 9.55. The van der Waals surface area contributed by atoms with Crippen LogP contribution in [0.4, 0.5) is 0 Å². The zero-order valence-corrected chi connectivity index (χ0v) is 16.0. The van der Waals surface area contributed by atoms with Crippen LogP contribution in [0.1, 0.15) is 24.0 Å². The van der Waals surface area contributed by atoms with E-state index in [1.807, 2.05) is 17.0 Å². The predicted octanol–water partition coefficient (Wildman–Crippen LogP) is 5.25. The Bertz CT molecular complexity index is 947. The maximum absolute atomic E-state index is 4.77. The van der Waals surface area contributed by atoms with E-state index in [9.17, 15) is 0 Å². The lowest BCUT2D eigenvalue weighted by Crippen LogP contribution is -2.13. The molecule has 0 amide bonds. The number of hydrogen-bond acceptors (Lipinski definition) is 3. The van der Waals surface area contributed by atoms with Gasteiger partial charge in [0.25, 0.3) is 0 Å². The number of thiazole rings is 1. The molecule has 0 bridgehead atoms. The molecule has 1 heterocycles. The maximum atomic E-state index is 4.77. The average molecular weight is 362 g/mol. The van der Waals surface area contributed by atoms with Gasteiger partial charge in [-0.25, -0.2) is 4.68 Å². The van der Waals surface area contributed by atoms with Crippen LogP contribution in [-0.4, -0.2) is 17.4 Å². The van der Waals surface area contributed by atoms with Gasteiger partial charge in [0.05, 0.1) is 12.2 Å². The van der Waals surface area contributed by atoms with Crippen LogP contribution in [0.5, 0.6) is 0 Å². The quantitative estimate of drug-likeness (QED) is 0.424. The van der Waals surface area contributed by atoms with Crippen LogP contribution in [-0.2, 0) is 0 Å². The van der Waals surface area contributed by atoms with Crippen LogP contribution in [0.2, 0.25) is 0 Å². The molecule has 0 saturated carbocycles. The van der Waals surface area contributed by atoms with Gasteiger partial charge in [0.2, 0.25) is 4.80 Å². The van der Waals surface area contributed by atoms with Gasteiger partial charge >= 0.3 is 0 Å². The highest BCUT2D eigenvalue weighted by Crippen LogP contribution is 2.21. The van der Waals surface area contributed by atoms with Crippen molar-refractivity contribution in [1.29, 1.82) is 0 Å². The maximum Gasteiger partial charge on any atom is 0.206 e. The molecule has 0 radical (unpaired) electrons. The van der Waals surface area contributed by atoms with Gasteiger partial charge in [-0.1, -0.05) is 73.2 Å². The summed E-state index contributed by atoms with van der Waals surface area (Å²) in [5, 5.41) is 6.88. The van der Waals surface area contributed by atoms with Crippen LogP contribution in [0.3, 0.4) is 0 Å². The van der Waals surface area contributed by atoms with Crippen LogP contribution >= 0.6 is 11.3 Å². The SMILES string of the molecule is C=CCN=c1scc(-c2ccc(C)cc2)n1N=CC(C)c1ccccc1. The van der Waals surface area contributed by atoms with Gasteiger partial charge < -0.3 is 0 Å². The fourth-order valence-corrected chi connectivity index (χ4v) is 3.44. The summed E-state index contributed by atoms with van der Waals surface area (Å²) in [4.78, 5) is 5.46. The summed E-state index contributed by atoms with van der Waals surface area (Å²) in [5.41, 5.74) is 4.67. The third-order valence-electron chi connectivity index (χ3n) is 4.12. The van der Waals surface area contributed by atoms with Gasteiger partial charge in [0.1, 0.15) is 0 Å². The first-order chi connectivity index (χ1) is 12.7. The molecule has 0 aliphatic carbocycles. The zero-order valence-electron chi connectivity index (χ0n) is 15.2. The van der Waals surface area contributed by atoms with Crippen molar-refractivity contribution in [1.82, 2.24) is 4.68 Å². The van der Waals surface area contributed by atoms with Crippen molar-refractivity contribution in [2.45, 2.75) is 19.8 Å². The molecule has 132 valence electrons. The molecule has 3 nitrogen and oxygen atoms in total. The van der Waals surface area contributed by atoms with E-state index in [0.29, 0.717) is 6.54 Å². The Labute approximate surface area is 158 Å². The number of aryl methyl sites for hydroxylation is 1. The minimum atomic E-state index is 0.224. The first-order valence-electron chi connectivity index (χ1n) is 8.67. The van der Waals surface area contributed by atoms with Crippen molar-refractivity contribution in [2.24, 2.45) is 10.1 Å². The summed E-state index contributed by atoms with van der Waals surface area (Å²) in [6, 6.07) is 18.9. The molecular weight excluding hydrogens is 338 g/mol. The molecule has 1 atom stereocenters. The van der Waals surface area contributed by atoms with E-state index in [4.69, 9.17) is 5.10 Å². The minimum Gasteiger partial charge on any atom is -0.253 e. The number of benzene rings is 2. The fourth-order valence-electron chi connectivity index (χ4n) is 2.59. The van der Waals surface area contributed by atoms with Crippen LogP contribution in [0.15, 0.2) is 82.7 Å². The molecular formula is C22H23N3S. The Morgan fingerprint density at radius 2 is 1.85 bits per heavy atom. The molecule has 0 fully saturated rings. The van der Waals surface area contributed by atoms with Crippen LogP contribution in [0.25, 0.3) is 11.3 Å². The monoisotopic (exact) mass is 361 g/mol. The van der Waals surface area contributed by atoms with Crippen molar-refractivity contribution in [2.75, 3.05) is 6.54 Å². The van der Waals surface area contributed by atoms with E-state index in [1.165, 1.54) is 11.1 Å². The van der Waals surface area contributed by atoms with Gasteiger partial charge in [-0.2, -0.15) is 5.10 Å². The summed E-state index contributed by atoms with van der Waals surface area (Å²) >= 11 is 1.60. The second-order valence-electron chi connectivity index (χ2n) is 6.17. The molecule has 0 aliphatic heterocycles. The molecule has 3 aromatic rings. The number of nitrogens with zero attached hydrogens (tertiary/aromatic N) is 3. The highest BCUT2D eigenvalue weighted by molar-refractivity contribution is 7.07. The van der Waals surface area contributed by atoms with E-state index in [1.54, 1.807) is 17.4 Å². The van der Waals surface area contributed by atoms with Crippen molar-refractivity contribution in [3.63, 3.8) is 0 Å². The highest BCUT2D eigenvalue weighted by atomic mass is 32.1. The normalized spacial score (nSPS) is 13.2. The molecule has 0 spiro atoms. The lowest BCUT2D eigenvalue weighted by Gasteiger charge is -2.07. The topological polar surface area (TPSA) is 29.6 Å². The third kappa shape index (κ3) is 4.27. The molecule has 26 heavy (non-hydrogen) atoms. The van der Waals surface area contributed by atoms with E-state index in [-0.39, 0.29) is 5.92 Å². The highest BCUT2D eigenvalue weighted by Gasteiger charge is 2.08. The van der Waals surface area contributed by atoms with Crippen LogP contribution in [0, 0.1) is 6.92 Å². The summed E-state index contributed by atoms with van der Waals surface area (Å²) < 4.78 is 1.93. The Morgan fingerprint density at radius 1 is 1.12 bits per heavy atom. The molecule has 0 aliphatic rings. The number of hydrogen-bond donors (Lipinski definition) is 0. The largest absolute Gasteiger partial charge is 0.253 e. The number of rotatable bonds is 6. The van der Waals surface area contributed by atoms with Crippen LogP contribution < -0.4 is 4.80 Å². The average Bonchev–Trinajstić information content (AvgIpc) is 3.08. The first kappa shape index (κ1) is 18.1. The molecule has 0 N–H and O–H groups in total. The van der Waals surface area contributed by atoms with E-state index in [2.05, 4.69) is 79.3 Å². The lowest BCUT2D eigenvalue weighted by atomic mass is 10.0. The Morgan fingerprint density at radius 3 is 2.54 bits per heavy atom. The second kappa shape index (κ2) is 8.59. The van der Waals surface area contributed by atoms with E-state index >= 15 is 0 Å². The van der Waals surface area contributed by atoms with Crippen molar-refractivity contribution >= 4 is 17.6 Å². The zero-order chi connectivity index (χ0) is 18.4. The Balaban J connectivity index is 2.00. The standard InChI is InChI=1S/C22H23N3S/c1-4-14-23-22-25(24-15-18(3)19-8-6-5-7-9-19)21(16-26-22)20-12-10-17(2)11-13-20/h4-13,15-16,18H,1,14H2,2-3H3. The molecule has 3 rings (SSSR count). The molecule has 1 unspecified atom stereocenters. The molecule has 2 aromatic carbocycles. The summed E-state index contributed by atoms with van der Waals surface area (Å²) in [6.07, 6.45) is 3.78. The van der Waals surface area contributed by atoms with E-state index in [0.717, 1.165) is 16.1 Å². The Kier molecular flexibility index (Phi) is 5.97. The fraction of sp³-hybridized carbons (Fsp3) is 0.182. The summed E-state index contributed by atoms with van der Waals surface area (Å²) in [6.45, 7) is 8.58. The second-order valence-corrected chi connectivity index (χ2v) is 7.01. The molecule has 0 saturated heterocycles. The Hall–Kier alpha value is -2.72. The summed E-state index contributed by atoms with van der Waals surface area (Å²) in [7, 11) is 0. The number of aromatic nitrogens is 1.